The van der Waals surface area contributed by atoms with E-state index in [9.17, 15) is 0 Å². The summed E-state index contributed by atoms with van der Waals surface area (Å²) in [6.07, 6.45) is 0. The molecule has 0 fully saturated rings. The van der Waals surface area contributed by atoms with Crippen LogP contribution >= 0.6 is 0 Å². The molecule has 0 radical (unpaired) electrons. The van der Waals surface area contributed by atoms with E-state index in [0.717, 1.165) is 0 Å². The molecule has 0 atom stereocenters. The third-order valence-electron chi connectivity index (χ3n) is 3.47. The van der Waals surface area contributed by atoms with Crippen molar-refractivity contribution in [2.45, 2.75) is 50.4 Å². The second-order valence-corrected chi connectivity index (χ2v) is 35.9. The fourth-order valence-corrected chi connectivity index (χ4v) is 18.8. The quantitative estimate of drug-likeness (QED) is 0.609. The molecule has 0 nitrogen and oxygen atoms in total. The molecule has 0 aliphatic heterocycles. The van der Waals surface area contributed by atoms with Crippen molar-refractivity contribution in [3.05, 3.63) is 22.8 Å². The number of hydrogen-bond acceptors (Lipinski definition) is 0. The van der Waals surface area contributed by atoms with Crippen LogP contribution in [0, 0.1) is 20.8 Å². The molecule has 1 aromatic rings. The molecule has 0 aromatic heterocycles. The van der Waals surface area contributed by atoms with Gasteiger partial charge >= 0.3 is 117 Å². The predicted molar refractivity (Wildman–Crippen MR) is 86.6 cm³/mol. The third-order valence-corrected chi connectivity index (χ3v) is 16.4. The van der Waals surface area contributed by atoms with E-state index in [4.69, 9.17) is 0 Å². The minimum absolute atomic E-state index is 1.56. The van der Waals surface area contributed by atoms with Crippen LogP contribution in [0.15, 0.2) is 6.07 Å². The molecule has 0 unspecified atom stereocenters. The first-order valence-electron chi connectivity index (χ1n) is 6.58. The number of hydrogen-bond donors (Lipinski definition) is 0. The third kappa shape index (κ3) is 3.43. The molecular formula is C15H28Sn2. The standard InChI is InChI=1S/C9H10.6CH3.2Sn/c1-7-4-8(2)6-9(3)5-7;;;;;;;;/h4H,1-3H3;6*1H3;;. The fourth-order valence-electron chi connectivity index (χ4n) is 3.49. The van der Waals surface area contributed by atoms with Gasteiger partial charge in [0.2, 0.25) is 0 Å². The second kappa shape index (κ2) is 5.07. The van der Waals surface area contributed by atoms with Crippen molar-refractivity contribution in [1.82, 2.24) is 0 Å². The van der Waals surface area contributed by atoms with E-state index < -0.39 is 36.8 Å². The summed E-state index contributed by atoms with van der Waals surface area (Å²) in [4.78, 5) is 15.3. The molecule has 0 aliphatic rings. The molecular weight excluding hydrogens is 418 g/mol. The van der Waals surface area contributed by atoms with E-state index in [1.54, 1.807) is 23.8 Å². The predicted octanol–water partition coefficient (Wildman–Crippen LogP) is 3.70. The Bertz CT molecular complexity index is 393. The van der Waals surface area contributed by atoms with Crippen LogP contribution in [0.4, 0.5) is 0 Å². The van der Waals surface area contributed by atoms with Crippen molar-refractivity contribution >= 4 is 43.9 Å². The van der Waals surface area contributed by atoms with E-state index >= 15 is 0 Å². The minimum atomic E-state index is -1.98. The molecule has 0 saturated carbocycles. The molecule has 0 aliphatic carbocycles. The summed E-state index contributed by atoms with van der Waals surface area (Å²) in [5.74, 6) is 0. The van der Waals surface area contributed by atoms with Gasteiger partial charge in [0.25, 0.3) is 0 Å². The van der Waals surface area contributed by atoms with Crippen molar-refractivity contribution in [2.75, 3.05) is 0 Å². The summed E-state index contributed by atoms with van der Waals surface area (Å²) < 4.78 is 3.57. The molecule has 17 heavy (non-hydrogen) atoms. The van der Waals surface area contributed by atoms with Crippen molar-refractivity contribution in [1.29, 1.82) is 0 Å². The van der Waals surface area contributed by atoms with E-state index in [0.29, 0.717) is 0 Å². The van der Waals surface area contributed by atoms with Gasteiger partial charge in [0.15, 0.2) is 0 Å². The molecule has 0 N–H and O–H groups in total. The Hall–Kier alpha value is 0.817. The zero-order valence-electron chi connectivity index (χ0n) is 13.1. The van der Waals surface area contributed by atoms with Crippen LogP contribution in [0.2, 0.25) is 29.6 Å². The molecule has 96 valence electrons. The van der Waals surface area contributed by atoms with Crippen LogP contribution in [0.1, 0.15) is 16.7 Å². The van der Waals surface area contributed by atoms with Crippen LogP contribution in [0.5, 0.6) is 0 Å². The summed E-state index contributed by atoms with van der Waals surface area (Å²) >= 11 is -3.96. The van der Waals surface area contributed by atoms with Gasteiger partial charge in [0.1, 0.15) is 0 Å². The molecule has 0 amide bonds. The summed E-state index contributed by atoms with van der Waals surface area (Å²) in [6, 6.07) is 2.46. The molecule has 1 aromatic carbocycles. The molecule has 2 heteroatoms. The zero-order chi connectivity index (χ0) is 13.6. The van der Waals surface area contributed by atoms with Crippen molar-refractivity contribution in [3.8, 4) is 0 Å². The number of aryl methyl sites for hydroxylation is 2. The first-order chi connectivity index (χ1) is 7.46. The summed E-state index contributed by atoms with van der Waals surface area (Å²) in [5.41, 5.74) is 4.79. The van der Waals surface area contributed by atoms with Crippen LogP contribution in [-0.2, 0) is 0 Å². The Balaban J connectivity index is 3.67. The van der Waals surface area contributed by atoms with E-state index in [1.807, 2.05) is 0 Å². The average molecular weight is 446 g/mol. The zero-order valence-corrected chi connectivity index (χ0v) is 18.8. The monoisotopic (exact) mass is 448 g/mol. The first-order valence-corrected chi connectivity index (χ1v) is 26.6. The van der Waals surface area contributed by atoms with E-state index in [1.165, 1.54) is 0 Å². The van der Waals surface area contributed by atoms with E-state index in [-0.39, 0.29) is 0 Å². The maximum atomic E-state index is 2.54. The van der Waals surface area contributed by atoms with Crippen LogP contribution in [0.25, 0.3) is 0 Å². The SMILES string of the molecule is Cc1cc(C)[c]([Sn]([CH3])([CH3])[CH3])c(C)[c]1[Sn]([CH3])([CH3])[CH3]. The Morgan fingerprint density at radius 2 is 0.941 bits per heavy atom. The molecule has 0 heterocycles. The Kier molecular flexibility index (Phi) is 4.73. The first kappa shape index (κ1) is 15.9. The molecule has 0 spiro atoms. The van der Waals surface area contributed by atoms with Gasteiger partial charge in [-0.25, -0.2) is 0 Å². The van der Waals surface area contributed by atoms with Gasteiger partial charge in [0, 0.05) is 0 Å². The van der Waals surface area contributed by atoms with Gasteiger partial charge in [0.05, 0.1) is 0 Å². The Morgan fingerprint density at radius 3 is 1.18 bits per heavy atom. The van der Waals surface area contributed by atoms with Gasteiger partial charge in [-0.05, 0) is 0 Å². The fraction of sp³-hybridized carbons (Fsp3) is 0.600. The van der Waals surface area contributed by atoms with Gasteiger partial charge in [-0.3, -0.25) is 0 Å². The van der Waals surface area contributed by atoms with Crippen molar-refractivity contribution in [2.24, 2.45) is 0 Å². The van der Waals surface area contributed by atoms with Crippen LogP contribution in [0.3, 0.4) is 0 Å². The molecule has 0 bridgehead atoms. The number of benzene rings is 1. The van der Waals surface area contributed by atoms with Gasteiger partial charge in [-0.2, -0.15) is 0 Å². The van der Waals surface area contributed by atoms with Gasteiger partial charge in [-0.15, -0.1) is 0 Å². The van der Waals surface area contributed by atoms with Crippen molar-refractivity contribution in [3.63, 3.8) is 0 Å². The van der Waals surface area contributed by atoms with Gasteiger partial charge < -0.3 is 0 Å². The Morgan fingerprint density at radius 1 is 0.647 bits per heavy atom. The average Bonchev–Trinajstić information content (AvgIpc) is 1.94. The van der Waals surface area contributed by atoms with Crippen molar-refractivity contribution < 1.29 is 0 Å². The summed E-state index contributed by atoms with van der Waals surface area (Å²) in [6.45, 7) is 7.04. The van der Waals surface area contributed by atoms with Crippen LogP contribution in [-0.4, -0.2) is 36.8 Å². The molecule has 1 rings (SSSR count). The maximum absolute atomic E-state index is 2.54. The Labute approximate surface area is 116 Å². The van der Waals surface area contributed by atoms with E-state index in [2.05, 4.69) is 56.5 Å². The summed E-state index contributed by atoms with van der Waals surface area (Å²) in [5, 5.41) is 0. The summed E-state index contributed by atoms with van der Waals surface area (Å²) in [7, 11) is 0. The topological polar surface area (TPSA) is 0 Å². The van der Waals surface area contributed by atoms with Crippen LogP contribution < -0.4 is 7.16 Å². The molecule has 0 saturated heterocycles. The second-order valence-electron chi connectivity index (χ2n) is 7.39. The van der Waals surface area contributed by atoms with Gasteiger partial charge in [-0.1, -0.05) is 0 Å². The normalized spacial score (nSPS) is 13.0. The number of rotatable bonds is 2.